The highest BCUT2D eigenvalue weighted by molar-refractivity contribution is 6.03. The highest BCUT2D eigenvalue weighted by Crippen LogP contribution is 2.48. The number of benzene rings is 1. The van der Waals surface area contributed by atoms with Gasteiger partial charge in [-0.15, -0.1) is 0 Å². The number of carboxylic acid groups (broad SMARTS) is 1. The third-order valence-corrected chi connectivity index (χ3v) is 5.76. The second-order valence-corrected chi connectivity index (χ2v) is 7.75. The van der Waals surface area contributed by atoms with E-state index in [1.807, 2.05) is 13.0 Å². The van der Waals surface area contributed by atoms with Gasteiger partial charge in [0.25, 0.3) is 5.91 Å². The lowest BCUT2D eigenvalue weighted by Gasteiger charge is -2.38. The number of hydrogen-bond donors (Lipinski definition) is 2. The minimum absolute atomic E-state index is 0.183. The molecule has 0 unspecified atom stereocenters. The molecule has 1 amide bonds. The summed E-state index contributed by atoms with van der Waals surface area (Å²) in [7, 11) is 0. The van der Waals surface area contributed by atoms with E-state index in [-0.39, 0.29) is 11.5 Å². The molecular formula is C21H23N3O3. The van der Waals surface area contributed by atoms with Crippen LogP contribution in [0.25, 0.3) is 0 Å². The molecule has 1 aliphatic carbocycles. The quantitative estimate of drug-likeness (QED) is 0.863. The van der Waals surface area contributed by atoms with Crippen LogP contribution in [-0.4, -0.2) is 35.1 Å². The molecule has 1 aromatic heterocycles. The maximum absolute atomic E-state index is 12.6. The van der Waals surface area contributed by atoms with Gasteiger partial charge in [0.1, 0.15) is 11.5 Å². The van der Waals surface area contributed by atoms with Gasteiger partial charge < -0.3 is 15.3 Å². The summed E-state index contributed by atoms with van der Waals surface area (Å²) in [5.41, 5.74) is 2.58. The predicted octanol–water partition coefficient (Wildman–Crippen LogP) is 3.72. The maximum Gasteiger partial charge on any atom is 0.335 e. The summed E-state index contributed by atoms with van der Waals surface area (Å²) in [4.78, 5) is 30.5. The van der Waals surface area contributed by atoms with E-state index in [9.17, 15) is 9.59 Å². The summed E-state index contributed by atoms with van der Waals surface area (Å²) in [6, 6.07) is 9.91. The number of pyridine rings is 1. The third kappa shape index (κ3) is 3.52. The Morgan fingerprint density at radius 2 is 1.89 bits per heavy atom. The standard InChI is InChI=1S/C21H23N3O3/c1-14-11-17(19(25)22-16-5-3-15(4-6-16)20(26)27)23-18(12-14)24-10-9-21(13-24)7-2-8-21/h3-6,11-12H,2,7-10,13H2,1H3,(H,22,25)(H,26,27). The third-order valence-electron chi connectivity index (χ3n) is 5.76. The maximum atomic E-state index is 12.6. The van der Waals surface area contributed by atoms with Crippen molar-refractivity contribution in [3.8, 4) is 0 Å². The van der Waals surface area contributed by atoms with Crippen LogP contribution in [0.1, 0.15) is 52.1 Å². The number of anilines is 2. The first-order chi connectivity index (χ1) is 12.9. The van der Waals surface area contributed by atoms with Crippen molar-refractivity contribution in [2.24, 2.45) is 5.41 Å². The Morgan fingerprint density at radius 1 is 1.15 bits per heavy atom. The van der Waals surface area contributed by atoms with E-state index in [2.05, 4.69) is 15.2 Å². The van der Waals surface area contributed by atoms with Crippen LogP contribution in [0.4, 0.5) is 11.5 Å². The van der Waals surface area contributed by atoms with Gasteiger partial charge in [0.2, 0.25) is 0 Å². The van der Waals surface area contributed by atoms with E-state index in [1.165, 1.54) is 37.8 Å². The number of aromatic carboxylic acids is 1. The van der Waals surface area contributed by atoms with E-state index in [0.29, 0.717) is 16.8 Å². The van der Waals surface area contributed by atoms with Crippen molar-refractivity contribution in [1.29, 1.82) is 0 Å². The Labute approximate surface area is 158 Å². The number of rotatable bonds is 4. The first-order valence-corrected chi connectivity index (χ1v) is 9.33. The number of aromatic nitrogens is 1. The highest BCUT2D eigenvalue weighted by atomic mass is 16.4. The van der Waals surface area contributed by atoms with E-state index < -0.39 is 5.97 Å². The Hall–Kier alpha value is -2.89. The lowest BCUT2D eigenvalue weighted by Crippen LogP contribution is -2.33. The molecule has 2 aliphatic rings. The number of amides is 1. The molecule has 0 bridgehead atoms. The second-order valence-electron chi connectivity index (χ2n) is 7.75. The topological polar surface area (TPSA) is 82.5 Å². The number of carboxylic acids is 1. The van der Waals surface area contributed by atoms with Crippen LogP contribution in [0.15, 0.2) is 36.4 Å². The molecule has 6 nitrogen and oxygen atoms in total. The van der Waals surface area contributed by atoms with Gasteiger partial charge in [-0.3, -0.25) is 4.79 Å². The molecule has 2 aromatic rings. The summed E-state index contributed by atoms with van der Waals surface area (Å²) < 4.78 is 0. The van der Waals surface area contributed by atoms with Gasteiger partial charge in [-0.1, -0.05) is 6.42 Å². The number of carbonyl (C=O) groups excluding carboxylic acids is 1. The number of carbonyl (C=O) groups is 2. The number of nitrogens with zero attached hydrogens (tertiary/aromatic N) is 2. The second kappa shape index (κ2) is 6.68. The van der Waals surface area contributed by atoms with Gasteiger partial charge in [-0.05, 0) is 73.6 Å². The monoisotopic (exact) mass is 365 g/mol. The van der Waals surface area contributed by atoms with Crippen LogP contribution in [-0.2, 0) is 0 Å². The normalized spacial score (nSPS) is 17.6. The fourth-order valence-corrected chi connectivity index (χ4v) is 4.03. The van der Waals surface area contributed by atoms with Crippen LogP contribution in [0.3, 0.4) is 0 Å². The molecule has 0 radical (unpaired) electrons. The van der Waals surface area contributed by atoms with Crippen LogP contribution in [0.5, 0.6) is 0 Å². The van der Waals surface area contributed by atoms with Crippen LogP contribution in [0.2, 0.25) is 0 Å². The first-order valence-electron chi connectivity index (χ1n) is 9.33. The molecule has 1 aromatic carbocycles. The van der Waals surface area contributed by atoms with Gasteiger partial charge in [-0.2, -0.15) is 0 Å². The predicted molar refractivity (Wildman–Crippen MR) is 103 cm³/mol. The van der Waals surface area contributed by atoms with Gasteiger partial charge in [0.05, 0.1) is 5.56 Å². The van der Waals surface area contributed by atoms with Crippen molar-refractivity contribution < 1.29 is 14.7 Å². The zero-order valence-corrected chi connectivity index (χ0v) is 15.4. The number of aryl methyl sites for hydroxylation is 1. The summed E-state index contributed by atoms with van der Waals surface area (Å²) in [5, 5.41) is 11.8. The van der Waals surface area contributed by atoms with E-state index in [4.69, 9.17) is 5.11 Å². The van der Waals surface area contributed by atoms with Crippen molar-refractivity contribution in [3.63, 3.8) is 0 Å². The molecule has 2 fully saturated rings. The summed E-state index contributed by atoms with van der Waals surface area (Å²) in [6.45, 7) is 3.99. The van der Waals surface area contributed by atoms with Gasteiger partial charge in [0.15, 0.2) is 0 Å². The van der Waals surface area contributed by atoms with Gasteiger partial charge in [0, 0.05) is 18.8 Å². The zero-order valence-electron chi connectivity index (χ0n) is 15.4. The Balaban J connectivity index is 1.50. The molecule has 0 atom stereocenters. The average molecular weight is 365 g/mol. The molecule has 27 heavy (non-hydrogen) atoms. The minimum atomic E-state index is -0.993. The highest BCUT2D eigenvalue weighted by Gasteiger charge is 2.43. The van der Waals surface area contributed by atoms with Crippen LogP contribution >= 0.6 is 0 Å². The minimum Gasteiger partial charge on any atom is -0.478 e. The SMILES string of the molecule is Cc1cc(C(=O)Nc2ccc(C(=O)O)cc2)nc(N2CCC3(CCC3)C2)c1. The average Bonchev–Trinajstić information content (AvgIpc) is 3.08. The largest absolute Gasteiger partial charge is 0.478 e. The Morgan fingerprint density at radius 3 is 2.48 bits per heavy atom. The molecule has 1 saturated carbocycles. The number of hydrogen-bond acceptors (Lipinski definition) is 4. The molecule has 1 saturated heterocycles. The lowest BCUT2D eigenvalue weighted by molar-refractivity contribution is 0.0696. The van der Waals surface area contributed by atoms with Crippen LogP contribution < -0.4 is 10.2 Å². The lowest BCUT2D eigenvalue weighted by atomic mass is 9.68. The Kier molecular flexibility index (Phi) is 4.34. The molecule has 1 spiro atoms. The summed E-state index contributed by atoms with van der Waals surface area (Å²) >= 11 is 0. The molecular weight excluding hydrogens is 342 g/mol. The van der Waals surface area contributed by atoms with Crippen LogP contribution in [0, 0.1) is 12.3 Å². The van der Waals surface area contributed by atoms with Crippen molar-refractivity contribution in [1.82, 2.24) is 4.98 Å². The van der Waals surface area contributed by atoms with Gasteiger partial charge >= 0.3 is 5.97 Å². The molecule has 140 valence electrons. The summed E-state index contributed by atoms with van der Waals surface area (Å²) in [6.07, 6.45) is 5.13. The molecule has 2 N–H and O–H groups in total. The zero-order chi connectivity index (χ0) is 19.0. The van der Waals surface area contributed by atoms with Crippen molar-refractivity contribution in [3.05, 3.63) is 53.2 Å². The Bertz CT molecular complexity index is 888. The van der Waals surface area contributed by atoms with E-state index >= 15 is 0 Å². The molecule has 2 heterocycles. The van der Waals surface area contributed by atoms with Crippen molar-refractivity contribution in [2.45, 2.75) is 32.6 Å². The molecule has 6 heteroatoms. The molecule has 4 rings (SSSR count). The smallest absolute Gasteiger partial charge is 0.335 e. The summed E-state index contributed by atoms with van der Waals surface area (Å²) in [5.74, 6) is -0.418. The number of nitrogens with one attached hydrogen (secondary N) is 1. The van der Waals surface area contributed by atoms with Crippen molar-refractivity contribution >= 4 is 23.4 Å². The van der Waals surface area contributed by atoms with Gasteiger partial charge in [-0.25, -0.2) is 9.78 Å². The fraction of sp³-hybridized carbons (Fsp3) is 0.381. The molecule has 1 aliphatic heterocycles. The van der Waals surface area contributed by atoms with Crippen molar-refractivity contribution in [2.75, 3.05) is 23.3 Å². The van der Waals surface area contributed by atoms with E-state index in [1.54, 1.807) is 18.2 Å². The fourth-order valence-electron chi connectivity index (χ4n) is 4.03. The first kappa shape index (κ1) is 17.5. The van der Waals surface area contributed by atoms with E-state index in [0.717, 1.165) is 24.5 Å².